The topological polar surface area (TPSA) is 0 Å². The van der Waals surface area contributed by atoms with Crippen molar-refractivity contribution < 1.29 is 17.1 Å². The van der Waals surface area contributed by atoms with Crippen LogP contribution in [0.15, 0.2) is 182 Å². The third-order valence-corrected chi connectivity index (χ3v) is 11.8. The van der Waals surface area contributed by atoms with Crippen LogP contribution in [0, 0.1) is 0 Å². The molecule has 194 valence electrons. The van der Waals surface area contributed by atoms with Crippen LogP contribution in [0.4, 0.5) is 0 Å². The third kappa shape index (κ3) is 7.86. The maximum absolute atomic E-state index is 2.24. The van der Waals surface area contributed by atoms with Gasteiger partial charge in [-0.15, -0.1) is 0 Å². The first kappa shape index (κ1) is 28.7. The van der Waals surface area contributed by atoms with Gasteiger partial charge in [-0.25, -0.2) is 0 Å². The molecule has 0 aliphatic carbocycles. The van der Waals surface area contributed by atoms with E-state index in [1.807, 2.05) is 0 Å². The molecular formula is C36H32CuP2+3. The van der Waals surface area contributed by atoms with Gasteiger partial charge in [0.05, 0.1) is 15.8 Å². The van der Waals surface area contributed by atoms with E-state index in [1.54, 1.807) is 0 Å². The molecule has 0 atom stereocenters. The minimum atomic E-state index is -0.877. The second-order valence-electron chi connectivity index (χ2n) is 8.95. The Hall–Kier alpha value is -3.30. The summed E-state index contributed by atoms with van der Waals surface area (Å²) >= 11 is 0. The van der Waals surface area contributed by atoms with Gasteiger partial charge in [0.1, 0.15) is 31.8 Å². The van der Waals surface area contributed by atoms with Crippen molar-refractivity contribution in [2.24, 2.45) is 0 Å². The average molecular weight is 590 g/mol. The van der Waals surface area contributed by atoms with Crippen LogP contribution in [0.25, 0.3) is 0 Å². The molecule has 39 heavy (non-hydrogen) atoms. The summed E-state index contributed by atoms with van der Waals surface area (Å²) in [5, 5.41) is 8.61. The van der Waals surface area contributed by atoms with Crippen molar-refractivity contribution in [3.8, 4) is 0 Å². The Morgan fingerprint density at radius 2 is 0.333 bits per heavy atom. The van der Waals surface area contributed by atoms with Gasteiger partial charge >= 0.3 is 17.1 Å². The molecule has 0 heterocycles. The van der Waals surface area contributed by atoms with Gasteiger partial charge in [-0.3, -0.25) is 0 Å². The summed E-state index contributed by atoms with van der Waals surface area (Å²) in [6.07, 6.45) is 0. The Balaban J connectivity index is 0.000000176. The van der Waals surface area contributed by atoms with Crippen molar-refractivity contribution in [3.05, 3.63) is 182 Å². The van der Waals surface area contributed by atoms with Gasteiger partial charge in [0.15, 0.2) is 0 Å². The zero-order valence-corrected chi connectivity index (χ0v) is 24.6. The van der Waals surface area contributed by atoms with Crippen LogP contribution in [0.3, 0.4) is 0 Å². The van der Waals surface area contributed by atoms with Crippen LogP contribution in [-0.4, -0.2) is 0 Å². The van der Waals surface area contributed by atoms with E-state index in [-0.39, 0.29) is 17.1 Å². The number of rotatable bonds is 6. The molecule has 6 aromatic rings. The van der Waals surface area contributed by atoms with Crippen molar-refractivity contribution in [3.63, 3.8) is 0 Å². The summed E-state index contributed by atoms with van der Waals surface area (Å²) in [7, 11) is -1.75. The van der Waals surface area contributed by atoms with Crippen molar-refractivity contribution in [1.29, 1.82) is 0 Å². The molecule has 0 aromatic heterocycles. The smallest absolute Gasteiger partial charge is 0.0620 e. The maximum Gasteiger partial charge on any atom is 1.00 e. The van der Waals surface area contributed by atoms with Crippen molar-refractivity contribution >= 4 is 47.7 Å². The predicted molar refractivity (Wildman–Crippen MR) is 173 cm³/mol. The molecule has 0 saturated heterocycles. The molecular weight excluding hydrogens is 558 g/mol. The quantitative estimate of drug-likeness (QED) is 0.157. The van der Waals surface area contributed by atoms with Crippen LogP contribution < -0.4 is 31.8 Å². The third-order valence-electron chi connectivity index (χ3n) is 6.37. The number of hydrogen-bond acceptors (Lipinski definition) is 0. The Morgan fingerprint density at radius 1 is 0.205 bits per heavy atom. The molecule has 0 spiro atoms. The van der Waals surface area contributed by atoms with Crippen LogP contribution >= 0.6 is 15.8 Å². The van der Waals surface area contributed by atoms with Crippen LogP contribution in [0.5, 0.6) is 0 Å². The second-order valence-corrected chi connectivity index (χ2v) is 13.9. The summed E-state index contributed by atoms with van der Waals surface area (Å²) < 4.78 is 0. The average Bonchev–Trinajstić information content (AvgIpc) is 3.01. The Bertz CT molecular complexity index is 1170. The summed E-state index contributed by atoms with van der Waals surface area (Å²) in [6.45, 7) is 0. The molecule has 6 aromatic carbocycles. The van der Waals surface area contributed by atoms with E-state index in [0.717, 1.165) is 0 Å². The monoisotopic (exact) mass is 589 g/mol. The van der Waals surface area contributed by atoms with Gasteiger partial charge in [-0.2, -0.15) is 0 Å². The second kappa shape index (κ2) is 15.3. The fourth-order valence-corrected chi connectivity index (χ4v) is 9.78. The molecule has 0 nitrogen and oxygen atoms in total. The Labute approximate surface area is 245 Å². The minimum Gasteiger partial charge on any atom is -0.0620 e. The zero-order valence-electron chi connectivity index (χ0n) is 21.6. The van der Waals surface area contributed by atoms with Gasteiger partial charge in [0, 0.05) is 0 Å². The van der Waals surface area contributed by atoms with Gasteiger partial charge in [0.2, 0.25) is 0 Å². The molecule has 0 unspecified atom stereocenters. The van der Waals surface area contributed by atoms with Gasteiger partial charge in [-0.05, 0) is 72.8 Å². The predicted octanol–water partition coefficient (Wildman–Crippen LogP) is 6.35. The Kier molecular flexibility index (Phi) is 11.3. The van der Waals surface area contributed by atoms with E-state index in [9.17, 15) is 0 Å². The fraction of sp³-hybridized carbons (Fsp3) is 0. The number of hydrogen-bond donors (Lipinski definition) is 0. The largest absolute Gasteiger partial charge is 1.00 e. The summed E-state index contributed by atoms with van der Waals surface area (Å²) in [6, 6.07) is 65.0. The molecule has 0 bridgehead atoms. The fourth-order valence-electron chi connectivity index (χ4n) is 4.63. The Morgan fingerprint density at radius 3 is 0.462 bits per heavy atom. The van der Waals surface area contributed by atoms with Crippen LogP contribution in [-0.2, 0) is 17.1 Å². The van der Waals surface area contributed by atoms with Crippen LogP contribution in [0.1, 0.15) is 0 Å². The van der Waals surface area contributed by atoms with Gasteiger partial charge in [0.25, 0.3) is 0 Å². The van der Waals surface area contributed by atoms with E-state index in [0.29, 0.717) is 0 Å². The molecule has 0 aliphatic rings. The molecule has 0 aliphatic heterocycles. The van der Waals surface area contributed by atoms with Crippen molar-refractivity contribution in [2.45, 2.75) is 0 Å². The molecule has 0 amide bonds. The first-order chi connectivity index (χ1) is 18.9. The normalized spacial score (nSPS) is 10.3. The molecule has 0 saturated carbocycles. The van der Waals surface area contributed by atoms with Crippen molar-refractivity contribution in [1.82, 2.24) is 0 Å². The first-order valence-electron chi connectivity index (χ1n) is 13.0. The van der Waals surface area contributed by atoms with E-state index in [4.69, 9.17) is 0 Å². The van der Waals surface area contributed by atoms with E-state index in [1.165, 1.54) is 31.8 Å². The van der Waals surface area contributed by atoms with E-state index in [2.05, 4.69) is 182 Å². The first-order valence-corrected chi connectivity index (χ1v) is 16.0. The molecule has 0 N–H and O–H groups in total. The molecule has 0 fully saturated rings. The number of benzene rings is 6. The standard InChI is InChI=1S/2C18H15P.Cu/c2*1-4-10-16(11-5-1)19(17-12-6-2-7-13-17)18-14-8-3-9-15-18;/h2*1-15H;/q;;+1/p+2. The maximum atomic E-state index is 2.24. The molecule has 6 rings (SSSR count). The minimum absolute atomic E-state index is 0. The molecule has 3 heteroatoms. The van der Waals surface area contributed by atoms with Gasteiger partial charge < -0.3 is 0 Å². The zero-order chi connectivity index (χ0) is 25.8. The molecule has 0 radical (unpaired) electrons. The van der Waals surface area contributed by atoms with E-state index >= 15 is 0 Å². The summed E-state index contributed by atoms with van der Waals surface area (Å²) in [5.41, 5.74) is 0. The summed E-state index contributed by atoms with van der Waals surface area (Å²) in [5.74, 6) is 0. The SMILES string of the molecule is [Cu+].c1ccc([PH+](c2ccccc2)c2ccccc2)cc1.c1ccc([PH+](c2ccccc2)c2ccccc2)cc1. The van der Waals surface area contributed by atoms with Crippen LogP contribution in [0.2, 0.25) is 0 Å². The van der Waals surface area contributed by atoms with Gasteiger partial charge in [-0.1, -0.05) is 109 Å². The van der Waals surface area contributed by atoms with E-state index < -0.39 is 15.8 Å². The van der Waals surface area contributed by atoms with Crippen molar-refractivity contribution in [2.75, 3.05) is 0 Å². The summed E-state index contributed by atoms with van der Waals surface area (Å²) in [4.78, 5) is 0.